The van der Waals surface area contributed by atoms with Crippen molar-refractivity contribution in [2.45, 2.75) is 48.9 Å². The summed E-state index contributed by atoms with van der Waals surface area (Å²) in [7, 11) is -3.54. The average molecular weight is 530 g/mol. The summed E-state index contributed by atoms with van der Waals surface area (Å²) in [5.74, 6) is -0.225. The van der Waals surface area contributed by atoms with E-state index in [0.29, 0.717) is 27.9 Å². The highest BCUT2D eigenvalue weighted by Crippen LogP contribution is 2.29. The number of sulfonamides is 1. The van der Waals surface area contributed by atoms with Gasteiger partial charge in [-0.2, -0.15) is 4.31 Å². The molecule has 2 N–H and O–H groups in total. The molecular weight excluding hydrogens is 502 g/mol. The summed E-state index contributed by atoms with van der Waals surface area (Å²) in [5, 5.41) is 7.01. The lowest BCUT2D eigenvalue weighted by atomic mass is 10.0. The van der Waals surface area contributed by atoms with E-state index >= 15 is 0 Å². The Morgan fingerprint density at radius 2 is 1.74 bits per heavy atom. The second-order valence-electron chi connectivity index (χ2n) is 9.07. The van der Waals surface area contributed by atoms with Gasteiger partial charge in [0.2, 0.25) is 0 Å². The van der Waals surface area contributed by atoms with Crippen LogP contribution in [0, 0.1) is 0 Å². The first kappa shape index (κ1) is 24.3. The van der Waals surface area contributed by atoms with Gasteiger partial charge in [0.1, 0.15) is 4.21 Å². The first-order valence-electron chi connectivity index (χ1n) is 11.9. The number of rotatable bonds is 7. The summed E-state index contributed by atoms with van der Waals surface area (Å²) in [4.78, 5) is 13.1. The van der Waals surface area contributed by atoms with Crippen LogP contribution in [0.3, 0.4) is 0 Å². The quantitative estimate of drug-likeness (QED) is 0.447. The van der Waals surface area contributed by atoms with E-state index in [1.54, 1.807) is 40.7 Å². The second kappa shape index (κ2) is 10.3. The molecule has 6 nitrogen and oxygen atoms in total. The third-order valence-electron chi connectivity index (χ3n) is 6.68. The molecule has 1 aliphatic heterocycles. The molecule has 0 radical (unpaired) electrons. The number of anilines is 1. The number of nitrogens with one attached hydrogen (secondary N) is 2. The molecule has 5 rings (SSSR count). The Hall–Kier alpha value is -2.39. The Labute approximate surface area is 215 Å². The van der Waals surface area contributed by atoms with Crippen molar-refractivity contribution in [2.75, 3.05) is 18.4 Å². The minimum atomic E-state index is -3.54. The Kier molecular flexibility index (Phi) is 7.16. The largest absolute Gasteiger partial charge is 0.382 e. The molecule has 35 heavy (non-hydrogen) atoms. The summed E-state index contributed by atoms with van der Waals surface area (Å²) in [6, 6.07) is 16.9. The van der Waals surface area contributed by atoms with Crippen molar-refractivity contribution in [1.82, 2.24) is 9.62 Å². The molecule has 9 heteroatoms. The van der Waals surface area contributed by atoms with Gasteiger partial charge in [-0.05, 0) is 91.8 Å². The first-order valence-corrected chi connectivity index (χ1v) is 14.5. The Bertz CT molecular complexity index is 1310. The van der Waals surface area contributed by atoms with Gasteiger partial charge in [-0.15, -0.1) is 11.3 Å². The zero-order valence-electron chi connectivity index (χ0n) is 19.3. The molecule has 2 aromatic carbocycles. The fraction of sp³-hybridized carbons (Fsp3) is 0.346. The summed E-state index contributed by atoms with van der Waals surface area (Å²) in [6.07, 6.45) is 5.09. The summed E-state index contributed by atoms with van der Waals surface area (Å²) in [5.41, 5.74) is 4.54. The number of benzene rings is 2. The molecule has 1 fully saturated rings. The molecule has 0 spiro atoms. The van der Waals surface area contributed by atoms with Crippen molar-refractivity contribution >= 4 is 44.6 Å². The van der Waals surface area contributed by atoms with Crippen LogP contribution in [0.4, 0.5) is 5.69 Å². The van der Waals surface area contributed by atoms with Crippen LogP contribution in [0.5, 0.6) is 0 Å². The molecule has 0 bridgehead atoms. The lowest BCUT2D eigenvalue weighted by Gasteiger charge is -2.32. The smallest absolute Gasteiger partial charge is 0.252 e. The van der Waals surface area contributed by atoms with E-state index in [9.17, 15) is 13.2 Å². The van der Waals surface area contributed by atoms with Crippen molar-refractivity contribution in [3.63, 3.8) is 0 Å². The molecule has 184 valence electrons. The van der Waals surface area contributed by atoms with Gasteiger partial charge < -0.3 is 10.6 Å². The van der Waals surface area contributed by atoms with E-state index in [0.717, 1.165) is 29.8 Å². The number of hydrogen-bond donors (Lipinski definition) is 2. The lowest BCUT2D eigenvalue weighted by molar-refractivity contribution is 0.0951. The lowest BCUT2D eigenvalue weighted by Crippen LogP contribution is -2.42. The van der Waals surface area contributed by atoms with Crippen LogP contribution < -0.4 is 10.6 Å². The summed E-state index contributed by atoms with van der Waals surface area (Å²) >= 11 is 7.07. The van der Waals surface area contributed by atoms with Crippen LogP contribution in [-0.2, 0) is 29.4 Å². The van der Waals surface area contributed by atoms with E-state index in [1.165, 1.54) is 35.3 Å². The molecule has 0 unspecified atom stereocenters. The SMILES string of the molecule is O=C(NCc1ccc(S(=O)(=O)N2CCC(Nc3ccc4c(c3)CCC4)CC2)s1)c1ccc(Cl)cc1. The van der Waals surface area contributed by atoms with Crippen LogP contribution in [0.25, 0.3) is 0 Å². The maximum atomic E-state index is 13.2. The van der Waals surface area contributed by atoms with E-state index in [2.05, 4.69) is 28.8 Å². The number of aryl methyl sites for hydroxylation is 2. The third kappa shape index (κ3) is 5.56. The Morgan fingerprint density at radius 1 is 1.00 bits per heavy atom. The highest BCUT2D eigenvalue weighted by molar-refractivity contribution is 7.91. The van der Waals surface area contributed by atoms with Crippen LogP contribution in [0.2, 0.25) is 5.02 Å². The fourth-order valence-electron chi connectivity index (χ4n) is 4.73. The Balaban J connectivity index is 1.14. The third-order valence-corrected chi connectivity index (χ3v) is 10.4. The fourth-order valence-corrected chi connectivity index (χ4v) is 7.77. The van der Waals surface area contributed by atoms with Gasteiger partial charge in [-0.25, -0.2) is 8.42 Å². The number of carbonyl (C=O) groups is 1. The minimum absolute atomic E-state index is 0.225. The summed E-state index contributed by atoms with van der Waals surface area (Å²) < 4.78 is 28.3. The van der Waals surface area contributed by atoms with Gasteiger partial charge in [0.05, 0.1) is 6.54 Å². The molecule has 1 aromatic heterocycles. The van der Waals surface area contributed by atoms with E-state index in [4.69, 9.17) is 11.6 Å². The molecular formula is C26H28ClN3O3S2. The monoisotopic (exact) mass is 529 g/mol. The maximum absolute atomic E-state index is 13.2. The Morgan fingerprint density at radius 3 is 2.51 bits per heavy atom. The molecule has 0 saturated carbocycles. The predicted molar refractivity (Wildman–Crippen MR) is 141 cm³/mol. The van der Waals surface area contributed by atoms with Crippen molar-refractivity contribution in [3.8, 4) is 0 Å². The number of nitrogens with zero attached hydrogens (tertiary/aromatic N) is 1. The van der Waals surface area contributed by atoms with Gasteiger partial charge in [-0.3, -0.25) is 4.79 Å². The number of carbonyl (C=O) groups excluding carboxylic acids is 1. The number of amides is 1. The highest BCUT2D eigenvalue weighted by Gasteiger charge is 2.30. The molecule has 2 aliphatic rings. The number of piperidine rings is 1. The van der Waals surface area contributed by atoms with Crippen molar-refractivity contribution < 1.29 is 13.2 Å². The van der Waals surface area contributed by atoms with Crippen molar-refractivity contribution in [2.24, 2.45) is 0 Å². The van der Waals surface area contributed by atoms with Gasteiger partial charge in [0.25, 0.3) is 15.9 Å². The second-order valence-corrected chi connectivity index (χ2v) is 12.8. The topological polar surface area (TPSA) is 78.5 Å². The zero-order chi connectivity index (χ0) is 24.4. The van der Waals surface area contributed by atoms with Gasteiger partial charge in [0.15, 0.2) is 0 Å². The first-order chi connectivity index (χ1) is 16.9. The predicted octanol–water partition coefficient (Wildman–Crippen LogP) is 5.09. The van der Waals surface area contributed by atoms with E-state index < -0.39 is 10.0 Å². The minimum Gasteiger partial charge on any atom is -0.382 e. The van der Waals surface area contributed by atoms with Gasteiger partial charge in [-0.1, -0.05) is 17.7 Å². The van der Waals surface area contributed by atoms with Crippen LogP contribution in [0.1, 0.15) is 45.6 Å². The molecule has 1 saturated heterocycles. The van der Waals surface area contributed by atoms with Gasteiger partial charge in [0, 0.05) is 40.3 Å². The van der Waals surface area contributed by atoms with Gasteiger partial charge >= 0.3 is 0 Å². The zero-order valence-corrected chi connectivity index (χ0v) is 21.7. The normalized spacial score (nSPS) is 16.7. The number of hydrogen-bond acceptors (Lipinski definition) is 5. The average Bonchev–Trinajstić information content (AvgIpc) is 3.53. The highest BCUT2D eigenvalue weighted by atomic mass is 35.5. The van der Waals surface area contributed by atoms with Crippen LogP contribution in [0.15, 0.2) is 58.8 Å². The number of fused-ring (bicyclic) bond motifs is 1. The molecule has 3 aromatic rings. The molecule has 0 atom stereocenters. The molecule has 1 aliphatic carbocycles. The van der Waals surface area contributed by atoms with E-state index in [-0.39, 0.29) is 18.5 Å². The molecule has 1 amide bonds. The van der Waals surface area contributed by atoms with Crippen LogP contribution in [-0.4, -0.2) is 37.8 Å². The summed E-state index contributed by atoms with van der Waals surface area (Å²) in [6.45, 7) is 1.26. The van der Waals surface area contributed by atoms with Crippen molar-refractivity contribution in [1.29, 1.82) is 0 Å². The van der Waals surface area contributed by atoms with Crippen molar-refractivity contribution in [3.05, 3.63) is 81.2 Å². The number of halogens is 1. The van der Waals surface area contributed by atoms with Crippen LogP contribution >= 0.6 is 22.9 Å². The molecule has 2 heterocycles. The maximum Gasteiger partial charge on any atom is 0.252 e. The van der Waals surface area contributed by atoms with E-state index in [1.807, 2.05) is 0 Å². The number of thiophene rings is 1. The standard InChI is InChI=1S/C26H28ClN3O3S2/c27-21-7-4-19(5-8-21)26(31)28-17-24-10-11-25(34-24)35(32,33)30-14-12-22(13-15-30)29-23-9-6-18-2-1-3-20(18)16-23/h4-11,16,22,29H,1-3,12-15,17H2,(H,28,31).